The van der Waals surface area contributed by atoms with Gasteiger partial charge < -0.3 is 10.4 Å². The van der Waals surface area contributed by atoms with Crippen molar-refractivity contribution in [2.75, 3.05) is 5.32 Å². The fourth-order valence-corrected chi connectivity index (χ4v) is 3.20. The SMILES string of the molecule is O=C(O)c1c(Cl)cccc1NCc1sccc1Br. The molecule has 0 spiro atoms. The number of aromatic carboxylic acids is 1. The Kier molecular flexibility index (Phi) is 4.27. The van der Waals surface area contributed by atoms with Gasteiger partial charge in [-0.3, -0.25) is 0 Å². The van der Waals surface area contributed by atoms with Crippen LogP contribution in [0.5, 0.6) is 0 Å². The summed E-state index contributed by atoms with van der Waals surface area (Å²) in [5.74, 6) is -1.03. The molecule has 2 N–H and O–H groups in total. The maximum atomic E-state index is 11.1. The smallest absolute Gasteiger partial charge is 0.339 e. The zero-order chi connectivity index (χ0) is 13.1. The Labute approximate surface area is 122 Å². The molecule has 1 aromatic carbocycles. The van der Waals surface area contributed by atoms with Crippen molar-refractivity contribution in [3.63, 3.8) is 0 Å². The van der Waals surface area contributed by atoms with Crippen LogP contribution in [-0.2, 0) is 6.54 Å². The number of carboxylic acid groups (broad SMARTS) is 1. The van der Waals surface area contributed by atoms with E-state index in [1.807, 2.05) is 11.4 Å². The predicted molar refractivity (Wildman–Crippen MR) is 77.8 cm³/mol. The minimum atomic E-state index is -1.03. The lowest BCUT2D eigenvalue weighted by Crippen LogP contribution is -2.06. The number of hydrogen-bond acceptors (Lipinski definition) is 3. The number of carboxylic acids is 1. The molecule has 0 aliphatic heterocycles. The second-order valence-electron chi connectivity index (χ2n) is 3.51. The first-order valence-corrected chi connectivity index (χ1v) is 7.12. The van der Waals surface area contributed by atoms with Crippen molar-refractivity contribution in [2.45, 2.75) is 6.54 Å². The van der Waals surface area contributed by atoms with E-state index in [0.29, 0.717) is 12.2 Å². The molecule has 0 atom stereocenters. The van der Waals surface area contributed by atoms with Gasteiger partial charge in [0.25, 0.3) is 0 Å². The summed E-state index contributed by atoms with van der Waals surface area (Å²) in [6.07, 6.45) is 0. The first-order chi connectivity index (χ1) is 8.59. The molecule has 18 heavy (non-hydrogen) atoms. The van der Waals surface area contributed by atoms with Gasteiger partial charge in [-0.1, -0.05) is 17.7 Å². The van der Waals surface area contributed by atoms with E-state index in [9.17, 15) is 4.79 Å². The van der Waals surface area contributed by atoms with E-state index in [4.69, 9.17) is 16.7 Å². The molecule has 94 valence electrons. The van der Waals surface area contributed by atoms with Crippen LogP contribution < -0.4 is 5.32 Å². The molecule has 3 nitrogen and oxygen atoms in total. The fraction of sp³-hybridized carbons (Fsp3) is 0.0833. The molecule has 6 heteroatoms. The van der Waals surface area contributed by atoms with Crippen LogP contribution in [-0.4, -0.2) is 11.1 Å². The van der Waals surface area contributed by atoms with E-state index >= 15 is 0 Å². The molecule has 0 saturated heterocycles. The molecule has 0 saturated carbocycles. The van der Waals surface area contributed by atoms with Crippen molar-refractivity contribution in [3.05, 3.63) is 49.6 Å². The van der Waals surface area contributed by atoms with Gasteiger partial charge in [-0.25, -0.2) is 4.79 Å². The van der Waals surface area contributed by atoms with Crippen molar-refractivity contribution in [1.82, 2.24) is 0 Å². The third-order valence-corrected chi connectivity index (χ3v) is 4.60. The summed E-state index contributed by atoms with van der Waals surface area (Å²) >= 11 is 10.9. The van der Waals surface area contributed by atoms with Crippen molar-refractivity contribution in [1.29, 1.82) is 0 Å². The molecular weight excluding hydrogens is 338 g/mol. The van der Waals surface area contributed by atoms with Crippen molar-refractivity contribution in [3.8, 4) is 0 Å². The number of thiophene rings is 1. The second-order valence-corrected chi connectivity index (χ2v) is 5.78. The number of nitrogens with one attached hydrogen (secondary N) is 1. The molecule has 0 bridgehead atoms. The van der Waals surface area contributed by atoms with Gasteiger partial charge in [-0.2, -0.15) is 0 Å². The van der Waals surface area contributed by atoms with Crippen LogP contribution in [0.1, 0.15) is 15.2 Å². The highest BCUT2D eigenvalue weighted by Gasteiger charge is 2.14. The van der Waals surface area contributed by atoms with Crippen LogP contribution >= 0.6 is 38.9 Å². The minimum Gasteiger partial charge on any atom is -0.478 e. The highest BCUT2D eigenvalue weighted by atomic mass is 79.9. The van der Waals surface area contributed by atoms with Crippen LogP contribution in [0.15, 0.2) is 34.1 Å². The number of rotatable bonds is 4. The Bertz CT molecular complexity index is 585. The predicted octanol–water partition coefficient (Wildman–Crippen LogP) is 4.47. The standard InChI is InChI=1S/C12H9BrClNO2S/c13-7-4-5-18-10(7)6-15-9-3-1-2-8(14)11(9)12(16)17/h1-5,15H,6H2,(H,16,17). The minimum absolute atomic E-state index is 0.104. The lowest BCUT2D eigenvalue weighted by Gasteiger charge is -2.10. The van der Waals surface area contributed by atoms with Crippen molar-refractivity contribution < 1.29 is 9.90 Å². The molecule has 0 radical (unpaired) electrons. The van der Waals surface area contributed by atoms with Crippen LogP contribution in [0.25, 0.3) is 0 Å². The summed E-state index contributed by atoms with van der Waals surface area (Å²) in [6, 6.07) is 6.95. The van der Waals surface area contributed by atoms with E-state index in [0.717, 1.165) is 9.35 Å². The Morgan fingerprint density at radius 1 is 1.44 bits per heavy atom. The van der Waals surface area contributed by atoms with Crippen LogP contribution in [0.4, 0.5) is 5.69 Å². The molecule has 1 aromatic heterocycles. The Morgan fingerprint density at radius 3 is 2.83 bits per heavy atom. The Morgan fingerprint density at radius 2 is 2.22 bits per heavy atom. The van der Waals surface area contributed by atoms with E-state index in [1.54, 1.807) is 29.5 Å². The summed E-state index contributed by atoms with van der Waals surface area (Å²) in [5, 5.41) is 14.4. The van der Waals surface area contributed by atoms with E-state index in [2.05, 4.69) is 21.2 Å². The quantitative estimate of drug-likeness (QED) is 0.858. The van der Waals surface area contributed by atoms with Gasteiger partial charge in [0.2, 0.25) is 0 Å². The van der Waals surface area contributed by atoms with Gasteiger partial charge in [-0.15, -0.1) is 11.3 Å². The zero-order valence-corrected chi connectivity index (χ0v) is 12.3. The van der Waals surface area contributed by atoms with Gasteiger partial charge in [0.05, 0.1) is 17.3 Å². The maximum Gasteiger partial charge on any atom is 0.339 e. The average molecular weight is 347 g/mol. The van der Waals surface area contributed by atoms with Gasteiger partial charge in [0, 0.05) is 9.35 Å². The number of hydrogen-bond donors (Lipinski definition) is 2. The lowest BCUT2D eigenvalue weighted by molar-refractivity contribution is 0.0698. The van der Waals surface area contributed by atoms with Gasteiger partial charge in [-0.05, 0) is 39.5 Å². The summed E-state index contributed by atoms with van der Waals surface area (Å²) in [5.41, 5.74) is 0.627. The summed E-state index contributed by atoms with van der Waals surface area (Å²) in [7, 11) is 0. The normalized spacial score (nSPS) is 10.3. The van der Waals surface area contributed by atoms with Crippen molar-refractivity contribution in [2.24, 2.45) is 0 Å². The largest absolute Gasteiger partial charge is 0.478 e. The van der Waals surface area contributed by atoms with Crippen molar-refractivity contribution >= 4 is 50.5 Å². The highest BCUT2D eigenvalue weighted by molar-refractivity contribution is 9.10. The number of benzene rings is 1. The summed E-state index contributed by atoms with van der Waals surface area (Å²) < 4.78 is 1.01. The molecule has 0 amide bonds. The van der Waals surface area contributed by atoms with E-state index < -0.39 is 5.97 Å². The maximum absolute atomic E-state index is 11.1. The molecule has 0 aliphatic rings. The van der Waals surface area contributed by atoms with E-state index in [-0.39, 0.29) is 10.6 Å². The second kappa shape index (κ2) is 5.73. The third-order valence-electron chi connectivity index (χ3n) is 2.36. The summed E-state index contributed by atoms with van der Waals surface area (Å²) in [4.78, 5) is 12.2. The van der Waals surface area contributed by atoms with E-state index in [1.165, 1.54) is 0 Å². The first-order valence-electron chi connectivity index (χ1n) is 5.07. The monoisotopic (exact) mass is 345 g/mol. The lowest BCUT2D eigenvalue weighted by atomic mass is 10.2. The number of carbonyl (C=O) groups is 1. The average Bonchev–Trinajstić information content (AvgIpc) is 2.71. The third kappa shape index (κ3) is 2.85. The topological polar surface area (TPSA) is 49.3 Å². The van der Waals surface area contributed by atoms with Gasteiger partial charge in [0.1, 0.15) is 5.56 Å². The number of halogens is 2. The molecule has 0 aliphatic carbocycles. The molecule has 2 rings (SSSR count). The molecule has 0 unspecified atom stereocenters. The molecule has 2 aromatic rings. The van der Waals surface area contributed by atoms with Gasteiger partial charge in [0.15, 0.2) is 0 Å². The summed E-state index contributed by atoms with van der Waals surface area (Å²) in [6.45, 7) is 0.554. The highest BCUT2D eigenvalue weighted by Crippen LogP contribution is 2.27. The number of anilines is 1. The molecule has 1 heterocycles. The first kappa shape index (κ1) is 13.4. The van der Waals surface area contributed by atoms with Crippen LogP contribution in [0, 0.1) is 0 Å². The Hall–Kier alpha value is -1.04. The Balaban J connectivity index is 2.22. The van der Waals surface area contributed by atoms with Crippen LogP contribution in [0.3, 0.4) is 0 Å². The molecule has 0 fully saturated rings. The fourth-order valence-electron chi connectivity index (χ4n) is 1.52. The van der Waals surface area contributed by atoms with Crippen LogP contribution in [0.2, 0.25) is 5.02 Å². The zero-order valence-electron chi connectivity index (χ0n) is 9.11. The molecular formula is C12H9BrClNO2S. The van der Waals surface area contributed by atoms with Gasteiger partial charge >= 0.3 is 5.97 Å².